The van der Waals surface area contributed by atoms with Crippen molar-refractivity contribution in [1.29, 1.82) is 0 Å². The number of imide groups is 1. The quantitative estimate of drug-likeness (QED) is 0.566. The van der Waals surface area contributed by atoms with Crippen molar-refractivity contribution >= 4 is 23.7 Å². The van der Waals surface area contributed by atoms with Crippen molar-refractivity contribution in [2.45, 2.75) is 26.9 Å². The van der Waals surface area contributed by atoms with Gasteiger partial charge < -0.3 is 15.2 Å². The van der Waals surface area contributed by atoms with Crippen LogP contribution in [0.25, 0.3) is 0 Å². The van der Waals surface area contributed by atoms with Gasteiger partial charge in [0.2, 0.25) is 0 Å². The first-order chi connectivity index (χ1) is 11.2. The van der Waals surface area contributed by atoms with Crippen molar-refractivity contribution in [2.75, 3.05) is 6.61 Å². The third-order valence-electron chi connectivity index (χ3n) is 2.97. The summed E-state index contributed by atoms with van der Waals surface area (Å²) < 4.78 is 10.3. The van der Waals surface area contributed by atoms with Crippen molar-refractivity contribution < 1.29 is 28.7 Å². The normalized spacial score (nSPS) is 11.5. The Kier molecular flexibility index (Phi) is 6.91. The highest BCUT2D eigenvalue weighted by Crippen LogP contribution is 2.14. The molecule has 0 heterocycles. The highest BCUT2D eigenvalue weighted by atomic mass is 16.6. The first-order valence-electron chi connectivity index (χ1n) is 7.24. The van der Waals surface area contributed by atoms with Crippen LogP contribution in [-0.4, -0.2) is 36.4 Å². The molecule has 130 valence electrons. The molecule has 3 amide bonds. The molecule has 0 aliphatic carbocycles. The number of esters is 1. The molecule has 0 saturated heterocycles. The molecule has 8 heteroatoms. The number of nitrogens with two attached hydrogens (primary N) is 1. The largest absolute Gasteiger partial charge is 0.482 e. The molecule has 0 spiro atoms. The number of amides is 3. The molecule has 0 unspecified atom stereocenters. The molecule has 3 N–H and O–H groups in total. The van der Waals surface area contributed by atoms with Crippen LogP contribution in [-0.2, 0) is 14.3 Å². The van der Waals surface area contributed by atoms with Crippen LogP contribution in [0.3, 0.4) is 0 Å². The monoisotopic (exact) mass is 336 g/mol. The van der Waals surface area contributed by atoms with E-state index in [1.54, 1.807) is 32.0 Å². The lowest BCUT2D eigenvalue weighted by Gasteiger charge is -2.19. The van der Waals surface area contributed by atoms with Gasteiger partial charge in [0.15, 0.2) is 18.5 Å². The minimum absolute atomic E-state index is 0.133. The Morgan fingerprint density at radius 3 is 2.42 bits per heavy atom. The van der Waals surface area contributed by atoms with Gasteiger partial charge in [-0.05, 0) is 25.0 Å². The summed E-state index contributed by atoms with van der Waals surface area (Å²) in [6.45, 7) is 4.26. The maximum atomic E-state index is 11.8. The van der Waals surface area contributed by atoms with Gasteiger partial charge in [-0.2, -0.15) is 0 Å². The van der Waals surface area contributed by atoms with Crippen LogP contribution in [0, 0.1) is 5.92 Å². The molecule has 0 aliphatic rings. The number of Topliss-reactive ketones (excluding diaryl/α,β-unsaturated/α-hetero) is 1. The van der Waals surface area contributed by atoms with Crippen LogP contribution in [0.2, 0.25) is 0 Å². The third-order valence-corrected chi connectivity index (χ3v) is 2.97. The summed E-state index contributed by atoms with van der Waals surface area (Å²) >= 11 is 0. The van der Waals surface area contributed by atoms with Crippen LogP contribution >= 0.6 is 0 Å². The van der Waals surface area contributed by atoms with Crippen molar-refractivity contribution in [3.05, 3.63) is 29.8 Å². The number of ether oxygens (including phenoxy) is 2. The molecule has 0 aromatic heterocycles. The molecule has 0 fully saturated rings. The second-order valence-corrected chi connectivity index (χ2v) is 5.38. The van der Waals surface area contributed by atoms with Gasteiger partial charge in [-0.3, -0.25) is 14.9 Å². The first-order valence-corrected chi connectivity index (χ1v) is 7.24. The van der Waals surface area contributed by atoms with E-state index >= 15 is 0 Å². The predicted molar refractivity (Wildman–Crippen MR) is 84.4 cm³/mol. The maximum absolute atomic E-state index is 11.8. The topological polar surface area (TPSA) is 125 Å². The molecule has 1 rings (SSSR count). The molecule has 24 heavy (non-hydrogen) atoms. The second-order valence-electron chi connectivity index (χ2n) is 5.38. The Labute approximate surface area is 139 Å². The number of carbonyl (C=O) groups is 4. The number of carbonyl (C=O) groups excluding carboxylic acids is 4. The van der Waals surface area contributed by atoms with Crippen LogP contribution in [0.4, 0.5) is 4.79 Å². The number of benzene rings is 1. The summed E-state index contributed by atoms with van der Waals surface area (Å²) in [6, 6.07) is 5.29. The van der Waals surface area contributed by atoms with E-state index in [0.29, 0.717) is 11.3 Å². The number of urea groups is 1. The van der Waals surface area contributed by atoms with Gasteiger partial charge in [-0.25, -0.2) is 9.59 Å². The second kappa shape index (κ2) is 8.66. The van der Waals surface area contributed by atoms with E-state index in [2.05, 4.69) is 0 Å². The summed E-state index contributed by atoms with van der Waals surface area (Å²) in [7, 11) is 0. The van der Waals surface area contributed by atoms with Gasteiger partial charge in [0.05, 0.1) is 0 Å². The number of ketones is 1. The first kappa shape index (κ1) is 19.1. The molecule has 0 bridgehead atoms. The fraction of sp³-hybridized carbons (Fsp3) is 0.375. The van der Waals surface area contributed by atoms with Gasteiger partial charge in [-0.15, -0.1) is 0 Å². The summed E-state index contributed by atoms with van der Waals surface area (Å²) in [6.07, 6.45) is -1.17. The molecule has 1 atom stereocenters. The molecule has 0 saturated carbocycles. The predicted octanol–water partition coefficient (Wildman–Crippen LogP) is 1.03. The zero-order valence-corrected chi connectivity index (χ0v) is 13.7. The molecule has 0 radical (unpaired) electrons. The van der Waals surface area contributed by atoms with Crippen LogP contribution in [0.1, 0.15) is 31.1 Å². The highest BCUT2D eigenvalue weighted by molar-refractivity contribution is 5.97. The molecule has 8 nitrogen and oxygen atoms in total. The number of hydrogen-bond acceptors (Lipinski definition) is 6. The summed E-state index contributed by atoms with van der Waals surface area (Å²) in [5, 5.41) is 1.87. The maximum Gasteiger partial charge on any atom is 0.344 e. The number of primary amides is 1. The standard InChI is InChI=1S/C16H20N2O6/c1-9(2)14(15(21)18-16(17)22)24-13(20)8-23-12-6-4-5-11(7-12)10(3)19/h4-7,9,14H,8H2,1-3H3,(H3,17,18,21,22)/t14-/m0/s1. The molecular weight excluding hydrogens is 316 g/mol. The van der Waals surface area contributed by atoms with Gasteiger partial charge in [0, 0.05) is 5.56 Å². The van der Waals surface area contributed by atoms with E-state index in [0.717, 1.165) is 0 Å². The van der Waals surface area contributed by atoms with Crippen LogP contribution < -0.4 is 15.8 Å². The molecule has 0 aliphatic heterocycles. The Balaban J connectivity index is 2.63. The Morgan fingerprint density at radius 1 is 1.21 bits per heavy atom. The zero-order chi connectivity index (χ0) is 18.3. The molecule has 1 aromatic rings. The highest BCUT2D eigenvalue weighted by Gasteiger charge is 2.27. The van der Waals surface area contributed by atoms with Gasteiger partial charge in [-0.1, -0.05) is 26.0 Å². The molecular formula is C16H20N2O6. The van der Waals surface area contributed by atoms with E-state index in [4.69, 9.17) is 15.2 Å². The fourth-order valence-corrected chi connectivity index (χ4v) is 1.81. The van der Waals surface area contributed by atoms with Crippen molar-refractivity contribution in [2.24, 2.45) is 11.7 Å². The Morgan fingerprint density at radius 2 is 1.88 bits per heavy atom. The fourth-order valence-electron chi connectivity index (χ4n) is 1.81. The van der Waals surface area contributed by atoms with E-state index < -0.39 is 30.6 Å². The lowest BCUT2D eigenvalue weighted by Crippen LogP contribution is -2.46. The van der Waals surface area contributed by atoms with E-state index in [-0.39, 0.29) is 11.7 Å². The summed E-state index contributed by atoms with van der Waals surface area (Å²) in [4.78, 5) is 45.6. The lowest BCUT2D eigenvalue weighted by atomic mass is 10.1. The average Bonchev–Trinajstić information content (AvgIpc) is 2.49. The summed E-state index contributed by atoms with van der Waals surface area (Å²) in [5.74, 6) is -1.77. The van der Waals surface area contributed by atoms with Gasteiger partial charge in [0.25, 0.3) is 5.91 Å². The van der Waals surface area contributed by atoms with E-state index in [1.807, 2.05) is 5.32 Å². The van der Waals surface area contributed by atoms with Crippen molar-refractivity contribution in [3.63, 3.8) is 0 Å². The zero-order valence-electron chi connectivity index (χ0n) is 13.7. The lowest BCUT2D eigenvalue weighted by molar-refractivity contribution is -0.160. The van der Waals surface area contributed by atoms with E-state index in [1.165, 1.54) is 13.0 Å². The Bertz CT molecular complexity index is 641. The number of hydrogen-bond donors (Lipinski definition) is 2. The number of nitrogens with one attached hydrogen (secondary N) is 1. The van der Waals surface area contributed by atoms with Gasteiger partial charge >= 0.3 is 12.0 Å². The van der Waals surface area contributed by atoms with Crippen molar-refractivity contribution in [3.8, 4) is 5.75 Å². The van der Waals surface area contributed by atoms with Crippen molar-refractivity contribution in [1.82, 2.24) is 5.32 Å². The van der Waals surface area contributed by atoms with Gasteiger partial charge in [0.1, 0.15) is 5.75 Å². The molecule has 1 aromatic carbocycles. The smallest absolute Gasteiger partial charge is 0.344 e. The minimum Gasteiger partial charge on any atom is -0.482 e. The third kappa shape index (κ3) is 6.07. The SMILES string of the molecule is CC(=O)c1cccc(OCC(=O)O[C@H](C(=O)NC(N)=O)C(C)C)c1. The van der Waals surface area contributed by atoms with E-state index in [9.17, 15) is 19.2 Å². The van der Waals surface area contributed by atoms with Crippen LogP contribution in [0.15, 0.2) is 24.3 Å². The minimum atomic E-state index is -1.17. The number of rotatable bonds is 7. The Hall–Kier alpha value is -2.90. The summed E-state index contributed by atoms with van der Waals surface area (Å²) in [5.41, 5.74) is 5.32. The van der Waals surface area contributed by atoms with Crippen LogP contribution in [0.5, 0.6) is 5.75 Å². The average molecular weight is 336 g/mol.